The van der Waals surface area contributed by atoms with Crippen molar-refractivity contribution >= 4 is 17.5 Å². The molecule has 0 atom stereocenters. The number of carbonyl (C=O) groups is 1. The highest BCUT2D eigenvalue weighted by atomic mass is 32.2. The number of aromatic nitrogens is 5. The van der Waals surface area contributed by atoms with Gasteiger partial charge in [-0.1, -0.05) is 48.2 Å². The van der Waals surface area contributed by atoms with E-state index >= 15 is 0 Å². The quantitative estimate of drug-likeness (QED) is 0.347. The Morgan fingerprint density at radius 3 is 2.77 bits per heavy atom. The van der Waals surface area contributed by atoms with E-state index in [0.717, 1.165) is 22.5 Å². The van der Waals surface area contributed by atoms with Gasteiger partial charge in [-0.15, -0.1) is 11.7 Å². The molecule has 0 saturated heterocycles. The minimum atomic E-state index is 0.0765. The first-order chi connectivity index (χ1) is 12.6. The van der Waals surface area contributed by atoms with Crippen molar-refractivity contribution in [1.29, 1.82) is 0 Å². The van der Waals surface area contributed by atoms with Gasteiger partial charge < -0.3 is 4.57 Å². The molecule has 7 heteroatoms. The van der Waals surface area contributed by atoms with E-state index in [1.807, 2.05) is 56.3 Å². The fraction of sp³-hybridized carbons (Fsp3) is 0.263. The van der Waals surface area contributed by atoms with Crippen LogP contribution in [0.5, 0.6) is 0 Å². The smallest absolute Gasteiger partial charge is 0.210 e. The number of thioether (sulfide) groups is 1. The molecule has 0 saturated carbocycles. The number of nitrogens with zero attached hydrogens (tertiary/aromatic N) is 5. The van der Waals surface area contributed by atoms with Gasteiger partial charge in [0.05, 0.1) is 12.3 Å². The fourth-order valence-electron chi connectivity index (χ4n) is 2.86. The molecule has 0 amide bonds. The fourth-order valence-corrected chi connectivity index (χ4v) is 3.62. The van der Waals surface area contributed by atoms with Crippen LogP contribution in [0.1, 0.15) is 27.3 Å². The Hall–Kier alpha value is -2.67. The third-order valence-corrected chi connectivity index (χ3v) is 5.15. The molecule has 0 unspecified atom stereocenters. The number of tetrazole rings is 1. The van der Waals surface area contributed by atoms with Crippen molar-refractivity contribution in [2.24, 2.45) is 0 Å². The second kappa shape index (κ2) is 8.14. The summed E-state index contributed by atoms with van der Waals surface area (Å²) in [4.78, 5) is 12.7. The molecule has 0 fully saturated rings. The summed E-state index contributed by atoms with van der Waals surface area (Å²) in [6.07, 6.45) is 1.83. The summed E-state index contributed by atoms with van der Waals surface area (Å²) >= 11 is 1.36. The maximum atomic E-state index is 12.7. The van der Waals surface area contributed by atoms with Crippen LogP contribution in [0.3, 0.4) is 0 Å². The molecule has 134 valence electrons. The number of hydrogen-bond acceptors (Lipinski definition) is 5. The van der Waals surface area contributed by atoms with Gasteiger partial charge in [0.2, 0.25) is 5.16 Å². The molecule has 2 heterocycles. The van der Waals surface area contributed by atoms with Crippen LogP contribution in [0.4, 0.5) is 0 Å². The minimum absolute atomic E-state index is 0.0765. The highest BCUT2D eigenvalue weighted by Crippen LogP contribution is 2.21. The summed E-state index contributed by atoms with van der Waals surface area (Å²) in [5.74, 6) is 0.376. The Labute approximate surface area is 156 Å². The predicted octanol–water partition coefficient (Wildman–Crippen LogP) is 3.30. The van der Waals surface area contributed by atoms with Gasteiger partial charge in [-0.3, -0.25) is 4.79 Å². The molecule has 1 aromatic carbocycles. The zero-order valence-corrected chi connectivity index (χ0v) is 15.7. The second-order valence-corrected chi connectivity index (χ2v) is 6.94. The Morgan fingerprint density at radius 1 is 1.27 bits per heavy atom. The van der Waals surface area contributed by atoms with Crippen molar-refractivity contribution in [2.75, 3.05) is 5.75 Å². The number of carbonyl (C=O) groups excluding carboxylic acids is 1. The van der Waals surface area contributed by atoms with Crippen molar-refractivity contribution in [3.63, 3.8) is 0 Å². The van der Waals surface area contributed by atoms with Crippen LogP contribution in [0.25, 0.3) is 0 Å². The molecule has 0 radical (unpaired) electrons. The molecular formula is C19H21N5OS. The molecule has 6 nitrogen and oxygen atoms in total. The molecule has 0 N–H and O–H groups in total. The molecule has 0 spiro atoms. The maximum Gasteiger partial charge on any atom is 0.210 e. The van der Waals surface area contributed by atoms with Gasteiger partial charge in [0, 0.05) is 23.5 Å². The first kappa shape index (κ1) is 18.1. The SMILES string of the molecule is C=CCn1c(C)cc(C(=O)CSc2nnnn2Cc2ccccc2)c1C. The Morgan fingerprint density at radius 2 is 2.04 bits per heavy atom. The Balaban J connectivity index is 1.68. The number of hydrogen-bond donors (Lipinski definition) is 0. The van der Waals surface area contributed by atoms with E-state index in [1.165, 1.54) is 11.8 Å². The van der Waals surface area contributed by atoms with Crippen LogP contribution in [0.2, 0.25) is 0 Å². The summed E-state index contributed by atoms with van der Waals surface area (Å²) in [5, 5.41) is 12.5. The molecule has 3 rings (SSSR count). The lowest BCUT2D eigenvalue weighted by Gasteiger charge is -2.06. The first-order valence-corrected chi connectivity index (χ1v) is 9.32. The monoisotopic (exact) mass is 367 g/mol. The number of Topliss-reactive ketones (excluding diaryl/α,β-unsaturated/α-hetero) is 1. The van der Waals surface area contributed by atoms with Gasteiger partial charge in [-0.05, 0) is 35.9 Å². The summed E-state index contributed by atoms with van der Waals surface area (Å²) in [7, 11) is 0. The van der Waals surface area contributed by atoms with Crippen LogP contribution in [-0.4, -0.2) is 36.3 Å². The maximum absolute atomic E-state index is 12.7. The second-order valence-electron chi connectivity index (χ2n) is 6.00. The van der Waals surface area contributed by atoms with Gasteiger partial charge in [0.1, 0.15) is 0 Å². The largest absolute Gasteiger partial charge is 0.345 e. The van der Waals surface area contributed by atoms with E-state index in [2.05, 4.69) is 26.7 Å². The van der Waals surface area contributed by atoms with Crippen molar-refractivity contribution in [1.82, 2.24) is 24.8 Å². The van der Waals surface area contributed by atoms with E-state index in [4.69, 9.17) is 0 Å². The van der Waals surface area contributed by atoms with Crippen molar-refractivity contribution in [2.45, 2.75) is 32.1 Å². The van der Waals surface area contributed by atoms with Gasteiger partial charge in [-0.2, -0.15) is 0 Å². The van der Waals surface area contributed by atoms with Crippen LogP contribution in [0.15, 0.2) is 54.2 Å². The lowest BCUT2D eigenvalue weighted by atomic mass is 10.2. The van der Waals surface area contributed by atoms with Gasteiger partial charge in [-0.25, -0.2) is 4.68 Å². The molecule has 3 aromatic rings. The van der Waals surface area contributed by atoms with E-state index < -0.39 is 0 Å². The molecule has 0 aliphatic heterocycles. The zero-order chi connectivity index (χ0) is 18.5. The molecule has 2 aromatic heterocycles. The third kappa shape index (κ3) is 3.94. The minimum Gasteiger partial charge on any atom is -0.345 e. The predicted molar refractivity (Wildman–Crippen MR) is 103 cm³/mol. The van der Waals surface area contributed by atoms with Crippen LogP contribution in [-0.2, 0) is 13.1 Å². The highest BCUT2D eigenvalue weighted by Gasteiger charge is 2.17. The Kier molecular flexibility index (Phi) is 5.68. The summed E-state index contributed by atoms with van der Waals surface area (Å²) in [5.41, 5.74) is 3.89. The lowest BCUT2D eigenvalue weighted by Crippen LogP contribution is -2.08. The number of ketones is 1. The summed E-state index contributed by atoms with van der Waals surface area (Å²) in [6, 6.07) is 11.9. The number of rotatable bonds is 8. The van der Waals surface area contributed by atoms with E-state index in [-0.39, 0.29) is 5.78 Å². The first-order valence-electron chi connectivity index (χ1n) is 8.34. The van der Waals surface area contributed by atoms with Crippen molar-refractivity contribution in [3.05, 3.63) is 71.6 Å². The van der Waals surface area contributed by atoms with Gasteiger partial charge >= 0.3 is 0 Å². The summed E-state index contributed by atoms with van der Waals surface area (Å²) < 4.78 is 3.80. The lowest BCUT2D eigenvalue weighted by molar-refractivity contribution is 0.102. The average molecular weight is 367 g/mol. The molecule has 0 bridgehead atoms. The number of benzene rings is 1. The van der Waals surface area contributed by atoms with E-state index in [1.54, 1.807) is 4.68 Å². The summed E-state index contributed by atoms with van der Waals surface area (Å²) in [6.45, 7) is 9.02. The van der Waals surface area contributed by atoms with Gasteiger partial charge in [0.25, 0.3) is 0 Å². The molecule has 0 aliphatic rings. The Bertz CT molecular complexity index is 913. The van der Waals surface area contributed by atoms with Gasteiger partial charge in [0.15, 0.2) is 5.78 Å². The molecular weight excluding hydrogens is 346 g/mol. The van der Waals surface area contributed by atoms with Crippen LogP contribution < -0.4 is 0 Å². The van der Waals surface area contributed by atoms with E-state index in [0.29, 0.717) is 24.0 Å². The highest BCUT2D eigenvalue weighted by molar-refractivity contribution is 7.99. The third-order valence-electron chi connectivity index (χ3n) is 4.19. The zero-order valence-electron chi connectivity index (χ0n) is 14.9. The number of aryl methyl sites for hydroxylation is 1. The normalized spacial score (nSPS) is 10.8. The molecule has 26 heavy (non-hydrogen) atoms. The van der Waals surface area contributed by atoms with Crippen molar-refractivity contribution in [3.8, 4) is 0 Å². The standard InChI is InChI=1S/C19H21N5OS/c1-4-10-23-14(2)11-17(15(23)3)18(25)13-26-19-20-21-22-24(19)12-16-8-6-5-7-9-16/h4-9,11H,1,10,12-13H2,2-3H3. The van der Waals surface area contributed by atoms with E-state index in [9.17, 15) is 4.79 Å². The van der Waals surface area contributed by atoms with Crippen LogP contribution >= 0.6 is 11.8 Å². The number of allylic oxidation sites excluding steroid dienone is 1. The topological polar surface area (TPSA) is 65.6 Å². The van der Waals surface area contributed by atoms with Crippen molar-refractivity contribution < 1.29 is 4.79 Å². The molecule has 0 aliphatic carbocycles. The average Bonchev–Trinajstić information content (AvgIpc) is 3.20. The van der Waals surface area contributed by atoms with Crippen LogP contribution in [0, 0.1) is 13.8 Å².